The van der Waals surface area contributed by atoms with E-state index in [1.807, 2.05) is 58.3 Å². The lowest BCUT2D eigenvalue weighted by atomic mass is 10.1. The first-order chi connectivity index (χ1) is 29.8. The lowest BCUT2D eigenvalue weighted by Crippen LogP contribution is -2.50. The van der Waals surface area contributed by atoms with E-state index < -0.39 is 29.6 Å². The molecule has 4 aromatic rings. The van der Waals surface area contributed by atoms with Gasteiger partial charge in [-0.1, -0.05) is 47.8 Å². The van der Waals surface area contributed by atoms with Crippen LogP contribution >= 0.6 is 23.5 Å². The Morgan fingerprint density at radius 1 is 0.597 bits per heavy atom. The van der Waals surface area contributed by atoms with Crippen LogP contribution < -0.4 is 15.1 Å². The normalized spacial score (nSPS) is 19.5. The van der Waals surface area contributed by atoms with E-state index in [0.29, 0.717) is 44.2 Å². The minimum absolute atomic E-state index is 0.0959. The van der Waals surface area contributed by atoms with Gasteiger partial charge in [0.2, 0.25) is 0 Å². The number of ether oxygens (including phenoxy) is 1. The van der Waals surface area contributed by atoms with Crippen LogP contribution in [0.2, 0.25) is 0 Å². The number of hydrogen-bond acceptors (Lipinski definition) is 12. The fourth-order valence-electron chi connectivity index (χ4n) is 7.76. The quantitative estimate of drug-likeness (QED) is 0.0988. The Bertz CT molecular complexity index is 2080. The number of fused-ring (bicyclic) bond motifs is 4. The fraction of sp³-hybridized carbons (Fsp3) is 0.455. The predicted molar refractivity (Wildman–Crippen MR) is 230 cm³/mol. The summed E-state index contributed by atoms with van der Waals surface area (Å²) in [5.41, 5.74) is 1.53. The highest BCUT2D eigenvalue weighted by Gasteiger charge is 2.36. The standard InChI is InChI=1S/C22H26F3N3O2S.C16H12F3NOS.C6H14N2O/c23-22(24,25)16-5-6-21-19(13-16)28(18-3-1-2-4-20(18)31-21)15-17(30)14-27-9-7-26(8-10-27)11-12-29;17-16(18,19)10-5-6-15-13(7-10)20(8-11-9-21-11)12-3-1-2-4-14(12)22-15;9-6-5-8-3-1-7-2-4-8/h1-6,13,17,29-30H,7-12,14-15H2;1-7,11H,8-9H2;7,9H,1-6H2. The van der Waals surface area contributed by atoms with Crippen molar-refractivity contribution in [2.24, 2.45) is 0 Å². The van der Waals surface area contributed by atoms with Crippen molar-refractivity contribution in [1.82, 2.24) is 20.0 Å². The molecule has 3 fully saturated rings. The second kappa shape index (κ2) is 21.0. The predicted octanol–water partition coefficient (Wildman–Crippen LogP) is 6.87. The van der Waals surface area contributed by atoms with E-state index in [1.54, 1.807) is 6.07 Å². The van der Waals surface area contributed by atoms with E-state index in [1.165, 1.54) is 41.7 Å². The number of para-hydroxylation sites is 2. The van der Waals surface area contributed by atoms with Crippen LogP contribution in [0.1, 0.15) is 11.1 Å². The highest BCUT2D eigenvalue weighted by Crippen LogP contribution is 2.51. The summed E-state index contributed by atoms with van der Waals surface area (Å²) in [6.45, 7) is 11.4. The van der Waals surface area contributed by atoms with Crippen LogP contribution in [0.15, 0.2) is 105 Å². The van der Waals surface area contributed by atoms with Gasteiger partial charge in [-0.15, -0.1) is 0 Å². The molecule has 2 unspecified atom stereocenters. The second-order valence-corrected chi connectivity index (χ2v) is 17.7. The number of anilines is 4. The van der Waals surface area contributed by atoms with Gasteiger partial charge < -0.3 is 35.2 Å². The number of aliphatic hydroxyl groups excluding tert-OH is 3. The number of epoxide rings is 1. The van der Waals surface area contributed by atoms with Crippen molar-refractivity contribution in [3.8, 4) is 0 Å². The van der Waals surface area contributed by atoms with E-state index >= 15 is 0 Å². The van der Waals surface area contributed by atoms with E-state index in [9.17, 15) is 31.4 Å². The van der Waals surface area contributed by atoms with Crippen LogP contribution in [0.3, 0.4) is 0 Å². The van der Waals surface area contributed by atoms with Crippen molar-refractivity contribution in [3.63, 3.8) is 0 Å². The van der Waals surface area contributed by atoms with E-state index in [-0.39, 0.29) is 19.3 Å². The van der Waals surface area contributed by atoms with Crippen LogP contribution in [0.5, 0.6) is 0 Å². The Morgan fingerprint density at radius 3 is 1.55 bits per heavy atom. The smallest absolute Gasteiger partial charge is 0.395 e. The SMILES string of the molecule is FC(F)(F)c1ccc2c(c1)N(CC1CO1)c1ccccc1S2.OCCN1CCN(CC(O)CN2c3ccccc3Sc3ccc(C(F)(F)F)cc32)CC1.OCCN1CCNCC1. The second-order valence-electron chi connectivity index (χ2n) is 15.5. The molecule has 0 aliphatic carbocycles. The summed E-state index contributed by atoms with van der Waals surface area (Å²) < 4.78 is 84.3. The van der Waals surface area contributed by atoms with Crippen LogP contribution in [0, 0.1) is 0 Å². The summed E-state index contributed by atoms with van der Waals surface area (Å²) in [4.78, 5) is 13.9. The number of rotatable bonds is 10. The highest BCUT2D eigenvalue weighted by molar-refractivity contribution is 8.00. The summed E-state index contributed by atoms with van der Waals surface area (Å²) in [6.07, 6.45) is -9.38. The Morgan fingerprint density at radius 2 is 1.05 bits per heavy atom. The summed E-state index contributed by atoms with van der Waals surface area (Å²) in [6, 6.07) is 23.1. The van der Waals surface area contributed by atoms with Crippen LogP contribution in [-0.2, 0) is 17.1 Å². The molecule has 0 bridgehead atoms. The minimum Gasteiger partial charge on any atom is -0.395 e. The van der Waals surface area contributed by atoms with E-state index in [0.717, 1.165) is 102 Å². The molecule has 0 aromatic heterocycles. The maximum Gasteiger partial charge on any atom is 0.416 e. The summed E-state index contributed by atoms with van der Waals surface area (Å²) in [5.74, 6) is 0. The van der Waals surface area contributed by atoms with Gasteiger partial charge in [-0.3, -0.25) is 14.7 Å². The number of hydrogen-bond donors (Lipinski definition) is 4. The van der Waals surface area contributed by atoms with Gasteiger partial charge in [0, 0.05) is 91.6 Å². The van der Waals surface area contributed by atoms with Crippen molar-refractivity contribution in [3.05, 3.63) is 96.1 Å². The third-order valence-corrected chi connectivity index (χ3v) is 13.3. The molecule has 62 heavy (non-hydrogen) atoms. The van der Waals surface area contributed by atoms with Crippen molar-refractivity contribution in [2.45, 2.75) is 44.1 Å². The van der Waals surface area contributed by atoms with Gasteiger partial charge in [-0.05, 0) is 60.7 Å². The first-order valence-electron chi connectivity index (χ1n) is 20.7. The number of nitrogens with one attached hydrogen (secondary N) is 1. The Kier molecular flexibility index (Phi) is 15.7. The molecular formula is C44H52F6N6O4S2. The molecule has 18 heteroatoms. The Balaban J connectivity index is 0.000000161. The highest BCUT2D eigenvalue weighted by atomic mass is 32.2. The zero-order chi connectivity index (χ0) is 43.9. The molecule has 5 heterocycles. The van der Waals surface area contributed by atoms with Gasteiger partial charge in [0.15, 0.2) is 0 Å². The third kappa shape index (κ3) is 12.2. The van der Waals surface area contributed by atoms with Crippen LogP contribution in [-0.4, -0.2) is 147 Å². The molecule has 0 saturated carbocycles. The first kappa shape index (κ1) is 46.4. The maximum atomic E-state index is 13.3. The number of β-amino-alcohol motifs (C(OH)–C–C–N with tert-alkyl or cyclic N) is 3. The molecule has 4 N–H and O–H groups in total. The average molecular weight is 907 g/mol. The monoisotopic (exact) mass is 906 g/mol. The molecule has 336 valence electrons. The molecule has 9 rings (SSSR count). The average Bonchev–Trinajstić information content (AvgIpc) is 4.09. The summed E-state index contributed by atoms with van der Waals surface area (Å²) in [5, 5.41) is 31.7. The number of benzene rings is 4. The van der Waals surface area contributed by atoms with E-state index in [2.05, 4.69) is 20.0 Å². The van der Waals surface area contributed by atoms with Gasteiger partial charge in [-0.25, -0.2) is 0 Å². The van der Waals surface area contributed by atoms with Gasteiger partial charge in [0.05, 0.1) is 79.0 Å². The van der Waals surface area contributed by atoms with Crippen LogP contribution in [0.4, 0.5) is 49.1 Å². The third-order valence-electron chi connectivity index (χ3n) is 11.1. The number of nitrogens with zero attached hydrogens (tertiary/aromatic N) is 5. The Hall–Kier alpha value is -3.56. The fourth-order valence-corrected chi connectivity index (χ4v) is 9.91. The number of aliphatic hydroxyl groups is 3. The first-order valence-corrected chi connectivity index (χ1v) is 22.3. The summed E-state index contributed by atoms with van der Waals surface area (Å²) >= 11 is 2.95. The lowest BCUT2D eigenvalue weighted by Gasteiger charge is -2.38. The molecular weight excluding hydrogens is 855 g/mol. The van der Waals surface area contributed by atoms with E-state index in [4.69, 9.17) is 14.9 Å². The van der Waals surface area contributed by atoms with Crippen molar-refractivity contribution >= 4 is 46.3 Å². The molecule has 5 aliphatic rings. The van der Waals surface area contributed by atoms with Gasteiger partial charge in [0.1, 0.15) is 0 Å². The van der Waals surface area contributed by atoms with Gasteiger partial charge >= 0.3 is 12.4 Å². The molecule has 4 aromatic carbocycles. The summed E-state index contributed by atoms with van der Waals surface area (Å²) in [7, 11) is 0. The number of piperazine rings is 2. The Labute approximate surface area is 366 Å². The van der Waals surface area contributed by atoms with Gasteiger partial charge in [-0.2, -0.15) is 26.3 Å². The molecule has 3 saturated heterocycles. The molecule has 2 atom stereocenters. The maximum absolute atomic E-state index is 13.3. The van der Waals surface area contributed by atoms with Gasteiger partial charge in [0.25, 0.3) is 0 Å². The molecule has 0 amide bonds. The molecule has 5 aliphatic heterocycles. The molecule has 0 radical (unpaired) electrons. The largest absolute Gasteiger partial charge is 0.416 e. The zero-order valence-electron chi connectivity index (χ0n) is 34.1. The van der Waals surface area contributed by atoms with Crippen molar-refractivity contribution < 1.29 is 46.4 Å². The molecule has 10 nitrogen and oxygen atoms in total. The number of halogens is 6. The zero-order valence-corrected chi connectivity index (χ0v) is 35.8. The molecule has 0 spiro atoms. The minimum atomic E-state index is -4.42. The van der Waals surface area contributed by atoms with Crippen LogP contribution in [0.25, 0.3) is 0 Å². The lowest BCUT2D eigenvalue weighted by molar-refractivity contribution is -0.138. The topological polar surface area (TPSA) is 101 Å². The number of alkyl halides is 6. The van der Waals surface area contributed by atoms with Crippen molar-refractivity contribution in [1.29, 1.82) is 0 Å². The van der Waals surface area contributed by atoms with Crippen molar-refractivity contribution in [2.75, 3.05) is 115 Å².